The van der Waals surface area contributed by atoms with Crippen LogP contribution in [0, 0.1) is 6.92 Å². The first-order valence-corrected chi connectivity index (χ1v) is 6.91. The Kier molecular flexibility index (Phi) is 3.92. The maximum Gasteiger partial charge on any atom is 0.345 e. The molecule has 0 aliphatic carbocycles. The topological polar surface area (TPSA) is 52.1 Å². The van der Waals surface area contributed by atoms with Gasteiger partial charge in [-0.2, -0.15) is 0 Å². The zero-order valence-electron chi connectivity index (χ0n) is 12.1. The number of hydrogen-bond donors (Lipinski definition) is 0. The van der Waals surface area contributed by atoms with Gasteiger partial charge in [-0.15, -0.1) is 10.2 Å². The summed E-state index contributed by atoms with van der Waals surface area (Å²) in [6, 6.07) is 20.4. The summed E-state index contributed by atoms with van der Waals surface area (Å²) in [6.07, 6.45) is 0. The molecule has 0 unspecified atom stereocenters. The van der Waals surface area contributed by atoms with Crippen LogP contribution in [0.1, 0.15) is 15.9 Å². The minimum Gasteiger partial charge on any atom is -0.402 e. The van der Waals surface area contributed by atoms with Crippen molar-refractivity contribution < 1.29 is 9.53 Å². The molecular weight excluding hydrogens is 276 g/mol. The molecule has 4 heteroatoms. The van der Waals surface area contributed by atoms with E-state index >= 15 is 0 Å². The molecule has 0 amide bonds. The SMILES string of the molecule is Cc1ccccc1C(=O)Oc1ccc(-c2ccccc2)nn1. The fourth-order valence-corrected chi connectivity index (χ4v) is 2.09. The number of aromatic nitrogens is 2. The molecule has 0 atom stereocenters. The predicted molar refractivity (Wildman–Crippen MR) is 83.6 cm³/mol. The van der Waals surface area contributed by atoms with Gasteiger partial charge in [0.15, 0.2) is 0 Å². The number of carbonyl (C=O) groups is 1. The lowest BCUT2D eigenvalue weighted by Gasteiger charge is -2.06. The monoisotopic (exact) mass is 290 g/mol. The molecule has 0 aliphatic heterocycles. The van der Waals surface area contributed by atoms with Gasteiger partial charge in [0.1, 0.15) is 0 Å². The van der Waals surface area contributed by atoms with Crippen molar-refractivity contribution in [3.05, 3.63) is 77.9 Å². The second-order valence-electron chi connectivity index (χ2n) is 4.83. The van der Waals surface area contributed by atoms with Crippen LogP contribution in [0.3, 0.4) is 0 Å². The summed E-state index contributed by atoms with van der Waals surface area (Å²) in [5, 5.41) is 8.05. The van der Waals surface area contributed by atoms with Crippen molar-refractivity contribution >= 4 is 5.97 Å². The van der Waals surface area contributed by atoms with E-state index < -0.39 is 5.97 Å². The number of carbonyl (C=O) groups excluding carboxylic acids is 1. The molecule has 0 fully saturated rings. The van der Waals surface area contributed by atoms with Crippen LogP contribution in [0.15, 0.2) is 66.7 Å². The first kappa shape index (κ1) is 13.9. The number of benzene rings is 2. The van der Waals surface area contributed by atoms with Gasteiger partial charge in [0, 0.05) is 11.6 Å². The summed E-state index contributed by atoms with van der Waals surface area (Å²) in [6.45, 7) is 1.86. The molecule has 22 heavy (non-hydrogen) atoms. The van der Waals surface area contributed by atoms with Gasteiger partial charge in [0.25, 0.3) is 0 Å². The zero-order valence-corrected chi connectivity index (χ0v) is 12.1. The van der Waals surface area contributed by atoms with Gasteiger partial charge < -0.3 is 4.74 Å². The molecule has 0 radical (unpaired) electrons. The summed E-state index contributed by atoms with van der Waals surface area (Å²) in [7, 11) is 0. The highest BCUT2D eigenvalue weighted by molar-refractivity contribution is 5.92. The zero-order chi connectivity index (χ0) is 15.4. The first-order valence-electron chi connectivity index (χ1n) is 6.91. The van der Waals surface area contributed by atoms with E-state index in [0.29, 0.717) is 5.56 Å². The summed E-state index contributed by atoms with van der Waals surface area (Å²) < 4.78 is 5.26. The van der Waals surface area contributed by atoms with Crippen LogP contribution in [0.5, 0.6) is 5.88 Å². The van der Waals surface area contributed by atoms with Gasteiger partial charge in [-0.1, -0.05) is 48.5 Å². The summed E-state index contributed by atoms with van der Waals surface area (Å²) in [5.74, 6) is -0.243. The number of esters is 1. The van der Waals surface area contributed by atoms with Crippen molar-refractivity contribution in [1.29, 1.82) is 0 Å². The van der Waals surface area contributed by atoms with Gasteiger partial charge >= 0.3 is 5.97 Å². The molecule has 1 aromatic heterocycles. The predicted octanol–water partition coefficient (Wildman–Crippen LogP) is 3.67. The minimum absolute atomic E-state index is 0.188. The molecule has 0 bridgehead atoms. The average Bonchev–Trinajstić information content (AvgIpc) is 2.57. The van der Waals surface area contributed by atoms with Crippen LogP contribution >= 0.6 is 0 Å². The number of rotatable bonds is 3. The van der Waals surface area contributed by atoms with Crippen molar-refractivity contribution in [2.45, 2.75) is 6.92 Å². The first-order chi connectivity index (χ1) is 10.7. The van der Waals surface area contributed by atoms with Gasteiger partial charge in [0.05, 0.1) is 11.3 Å². The number of nitrogens with zero attached hydrogens (tertiary/aromatic N) is 2. The van der Waals surface area contributed by atoms with E-state index in [2.05, 4.69) is 10.2 Å². The Morgan fingerprint density at radius 3 is 2.27 bits per heavy atom. The van der Waals surface area contributed by atoms with E-state index in [4.69, 9.17) is 4.74 Å². The lowest BCUT2D eigenvalue weighted by molar-refractivity contribution is 0.0725. The van der Waals surface area contributed by atoms with Crippen molar-refractivity contribution in [3.8, 4) is 17.1 Å². The summed E-state index contributed by atoms with van der Waals surface area (Å²) in [5.41, 5.74) is 3.08. The van der Waals surface area contributed by atoms with Crippen LogP contribution in [-0.2, 0) is 0 Å². The molecule has 0 aliphatic rings. The van der Waals surface area contributed by atoms with E-state index in [1.807, 2.05) is 49.4 Å². The fourth-order valence-electron chi connectivity index (χ4n) is 2.09. The van der Waals surface area contributed by atoms with E-state index in [1.165, 1.54) is 0 Å². The van der Waals surface area contributed by atoms with E-state index in [9.17, 15) is 4.79 Å². The Bertz CT molecular complexity index is 784. The van der Waals surface area contributed by atoms with E-state index in [0.717, 1.165) is 16.8 Å². The normalized spacial score (nSPS) is 10.2. The third-order valence-electron chi connectivity index (χ3n) is 3.27. The third kappa shape index (κ3) is 3.01. The number of ether oxygens (including phenoxy) is 1. The van der Waals surface area contributed by atoms with Crippen LogP contribution in [-0.4, -0.2) is 16.2 Å². The molecule has 3 rings (SSSR count). The third-order valence-corrected chi connectivity index (χ3v) is 3.27. The number of hydrogen-bond acceptors (Lipinski definition) is 4. The molecule has 1 heterocycles. The molecule has 4 nitrogen and oxygen atoms in total. The number of aryl methyl sites for hydroxylation is 1. The molecule has 0 saturated carbocycles. The maximum atomic E-state index is 12.1. The quantitative estimate of drug-likeness (QED) is 0.691. The van der Waals surface area contributed by atoms with Crippen molar-refractivity contribution in [3.63, 3.8) is 0 Å². The highest BCUT2D eigenvalue weighted by Crippen LogP contribution is 2.18. The second kappa shape index (κ2) is 6.18. The second-order valence-corrected chi connectivity index (χ2v) is 4.83. The Labute approximate surface area is 128 Å². The Morgan fingerprint density at radius 2 is 1.59 bits per heavy atom. The molecule has 3 aromatic rings. The highest BCUT2D eigenvalue weighted by atomic mass is 16.5. The molecule has 0 spiro atoms. The van der Waals surface area contributed by atoms with Crippen molar-refractivity contribution in [2.75, 3.05) is 0 Å². The van der Waals surface area contributed by atoms with Gasteiger partial charge in [-0.25, -0.2) is 4.79 Å². The summed E-state index contributed by atoms with van der Waals surface area (Å²) in [4.78, 5) is 12.1. The van der Waals surface area contributed by atoms with Crippen LogP contribution in [0.2, 0.25) is 0 Å². The van der Waals surface area contributed by atoms with Crippen LogP contribution < -0.4 is 4.74 Å². The highest BCUT2D eigenvalue weighted by Gasteiger charge is 2.12. The smallest absolute Gasteiger partial charge is 0.345 e. The van der Waals surface area contributed by atoms with Crippen LogP contribution in [0.4, 0.5) is 0 Å². The summed E-state index contributed by atoms with van der Waals surface area (Å²) >= 11 is 0. The Morgan fingerprint density at radius 1 is 0.864 bits per heavy atom. The van der Waals surface area contributed by atoms with Gasteiger partial charge in [-0.3, -0.25) is 0 Å². The maximum absolute atomic E-state index is 12.1. The molecule has 0 saturated heterocycles. The average molecular weight is 290 g/mol. The van der Waals surface area contributed by atoms with Crippen LogP contribution in [0.25, 0.3) is 11.3 Å². The van der Waals surface area contributed by atoms with Crippen molar-refractivity contribution in [1.82, 2.24) is 10.2 Å². The Balaban J connectivity index is 1.77. The standard InChI is InChI=1S/C18H14N2O2/c1-13-7-5-6-10-15(13)18(21)22-17-12-11-16(19-20-17)14-8-3-2-4-9-14/h2-12H,1H3. The molecule has 0 N–H and O–H groups in total. The van der Waals surface area contributed by atoms with Crippen molar-refractivity contribution in [2.24, 2.45) is 0 Å². The largest absolute Gasteiger partial charge is 0.402 e. The molecule has 2 aromatic carbocycles. The van der Waals surface area contributed by atoms with E-state index in [1.54, 1.807) is 24.3 Å². The van der Waals surface area contributed by atoms with E-state index in [-0.39, 0.29) is 5.88 Å². The fraction of sp³-hybridized carbons (Fsp3) is 0.0556. The lowest BCUT2D eigenvalue weighted by atomic mass is 10.1. The van der Waals surface area contributed by atoms with Gasteiger partial charge in [-0.05, 0) is 24.6 Å². The minimum atomic E-state index is -0.431. The molecule has 108 valence electrons. The Hall–Kier alpha value is -3.01. The lowest BCUT2D eigenvalue weighted by Crippen LogP contribution is -2.11. The van der Waals surface area contributed by atoms with Gasteiger partial charge in [0.2, 0.25) is 5.88 Å². The molecular formula is C18H14N2O2.